The molecular formula is C14H19F3N2O2S. The maximum atomic E-state index is 13.7. The van der Waals surface area contributed by atoms with Crippen molar-refractivity contribution in [2.75, 3.05) is 26.7 Å². The van der Waals surface area contributed by atoms with E-state index in [9.17, 15) is 21.6 Å². The van der Waals surface area contributed by atoms with E-state index < -0.39 is 32.4 Å². The van der Waals surface area contributed by atoms with E-state index in [0.717, 1.165) is 23.3 Å². The average Bonchev–Trinajstić information content (AvgIpc) is 2.51. The van der Waals surface area contributed by atoms with Gasteiger partial charge in [-0.1, -0.05) is 0 Å². The number of rotatable bonds is 5. The Balaban J connectivity index is 2.14. The summed E-state index contributed by atoms with van der Waals surface area (Å²) < 4.78 is 65.8. The Hall–Kier alpha value is -1.12. The van der Waals surface area contributed by atoms with E-state index in [1.807, 2.05) is 7.05 Å². The highest BCUT2D eigenvalue weighted by atomic mass is 32.2. The largest absolute Gasteiger partial charge is 0.320 e. The highest BCUT2D eigenvalue weighted by Gasteiger charge is 2.32. The minimum atomic E-state index is -4.14. The third kappa shape index (κ3) is 3.44. The van der Waals surface area contributed by atoms with Gasteiger partial charge in [0.1, 0.15) is 4.90 Å². The second kappa shape index (κ2) is 6.97. The number of sulfonamides is 1. The van der Waals surface area contributed by atoms with E-state index in [4.69, 9.17) is 0 Å². The normalized spacial score (nSPS) is 17.8. The summed E-state index contributed by atoms with van der Waals surface area (Å²) >= 11 is 0. The SMILES string of the molecule is CNCCC1CCN(S(=O)(=O)c2ccc(F)c(F)c2F)CC1. The van der Waals surface area contributed by atoms with Crippen LogP contribution in [0.3, 0.4) is 0 Å². The molecule has 0 spiro atoms. The highest BCUT2D eigenvalue weighted by Crippen LogP contribution is 2.28. The smallest absolute Gasteiger partial charge is 0.246 e. The number of benzene rings is 1. The van der Waals surface area contributed by atoms with Gasteiger partial charge in [0.2, 0.25) is 10.0 Å². The standard InChI is InChI=1S/C14H19F3N2O2S/c1-18-7-4-10-5-8-19(9-6-10)22(20,21)12-3-2-11(15)13(16)14(12)17/h2-3,10,18H,4-9H2,1H3. The molecule has 0 bridgehead atoms. The number of nitrogens with zero attached hydrogens (tertiary/aromatic N) is 1. The number of nitrogens with one attached hydrogen (secondary N) is 1. The predicted octanol–water partition coefficient (Wildman–Crippen LogP) is 2.11. The molecule has 4 nitrogen and oxygen atoms in total. The average molecular weight is 336 g/mol. The van der Waals surface area contributed by atoms with Crippen molar-refractivity contribution in [3.8, 4) is 0 Å². The van der Waals surface area contributed by atoms with E-state index in [1.165, 1.54) is 0 Å². The Bertz CT molecular complexity index is 629. The zero-order chi connectivity index (χ0) is 16.3. The molecule has 1 N–H and O–H groups in total. The molecule has 0 atom stereocenters. The molecule has 0 aromatic heterocycles. The zero-order valence-corrected chi connectivity index (χ0v) is 13.1. The van der Waals surface area contributed by atoms with Crippen LogP contribution in [-0.4, -0.2) is 39.4 Å². The van der Waals surface area contributed by atoms with E-state index in [0.29, 0.717) is 24.8 Å². The summed E-state index contributed by atoms with van der Waals surface area (Å²) in [4.78, 5) is -0.805. The van der Waals surface area contributed by atoms with Gasteiger partial charge in [0.25, 0.3) is 0 Å². The molecule has 1 aromatic carbocycles. The van der Waals surface area contributed by atoms with Gasteiger partial charge < -0.3 is 5.32 Å². The van der Waals surface area contributed by atoms with Gasteiger partial charge in [-0.25, -0.2) is 21.6 Å². The minimum Gasteiger partial charge on any atom is -0.320 e. The lowest BCUT2D eigenvalue weighted by Crippen LogP contribution is -2.39. The maximum Gasteiger partial charge on any atom is 0.246 e. The van der Waals surface area contributed by atoms with Gasteiger partial charge in [0.05, 0.1) is 0 Å². The monoisotopic (exact) mass is 336 g/mol. The molecule has 1 aliphatic heterocycles. The summed E-state index contributed by atoms with van der Waals surface area (Å²) in [5, 5.41) is 3.04. The molecule has 0 aliphatic carbocycles. The summed E-state index contributed by atoms with van der Waals surface area (Å²) in [6.45, 7) is 1.37. The Morgan fingerprint density at radius 1 is 1.18 bits per heavy atom. The summed E-state index contributed by atoms with van der Waals surface area (Å²) in [5.74, 6) is -4.40. The van der Waals surface area contributed by atoms with Crippen molar-refractivity contribution in [2.24, 2.45) is 5.92 Å². The number of piperidine rings is 1. The summed E-state index contributed by atoms with van der Waals surface area (Å²) in [6, 6.07) is 1.40. The minimum absolute atomic E-state index is 0.259. The number of hydrogen-bond acceptors (Lipinski definition) is 3. The molecule has 0 saturated carbocycles. The first-order chi connectivity index (χ1) is 10.4. The van der Waals surface area contributed by atoms with Crippen LogP contribution in [-0.2, 0) is 10.0 Å². The van der Waals surface area contributed by atoms with Crippen molar-refractivity contribution >= 4 is 10.0 Å². The van der Waals surface area contributed by atoms with Crippen molar-refractivity contribution in [3.05, 3.63) is 29.6 Å². The molecule has 0 amide bonds. The van der Waals surface area contributed by atoms with Crippen LogP contribution in [0.4, 0.5) is 13.2 Å². The van der Waals surface area contributed by atoms with Crippen LogP contribution < -0.4 is 5.32 Å². The van der Waals surface area contributed by atoms with E-state index in [-0.39, 0.29) is 13.1 Å². The maximum absolute atomic E-state index is 13.7. The first-order valence-corrected chi connectivity index (χ1v) is 8.60. The second-order valence-corrected chi connectivity index (χ2v) is 7.32. The lowest BCUT2D eigenvalue weighted by molar-refractivity contribution is 0.262. The van der Waals surface area contributed by atoms with E-state index in [2.05, 4.69) is 5.32 Å². The molecule has 22 heavy (non-hydrogen) atoms. The van der Waals surface area contributed by atoms with Crippen LogP contribution in [0, 0.1) is 23.4 Å². The zero-order valence-electron chi connectivity index (χ0n) is 12.3. The Morgan fingerprint density at radius 3 is 2.41 bits per heavy atom. The molecule has 124 valence electrons. The fourth-order valence-corrected chi connectivity index (χ4v) is 4.16. The topological polar surface area (TPSA) is 49.4 Å². The number of hydrogen-bond donors (Lipinski definition) is 1. The fraction of sp³-hybridized carbons (Fsp3) is 0.571. The molecule has 1 aliphatic rings. The quantitative estimate of drug-likeness (QED) is 0.838. The molecule has 0 radical (unpaired) electrons. The fourth-order valence-electron chi connectivity index (χ4n) is 2.63. The van der Waals surface area contributed by atoms with Crippen LogP contribution in [0.1, 0.15) is 19.3 Å². The Kier molecular flexibility index (Phi) is 5.46. The molecule has 0 unspecified atom stereocenters. The van der Waals surface area contributed by atoms with E-state index >= 15 is 0 Å². The van der Waals surface area contributed by atoms with Gasteiger partial charge in [-0.2, -0.15) is 4.31 Å². The van der Waals surface area contributed by atoms with Crippen molar-refractivity contribution in [3.63, 3.8) is 0 Å². The summed E-state index contributed by atoms with van der Waals surface area (Å²) in [7, 11) is -2.29. The predicted molar refractivity (Wildman–Crippen MR) is 76.3 cm³/mol. The lowest BCUT2D eigenvalue weighted by Gasteiger charge is -2.31. The van der Waals surface area contributed by atoms with Gasteiger partial charge in [-0.05, 0) is 50.9 Å². The van der Waals surface area contributed by atoms with Crippen LogP contribution in [0.2, 0.25) is 0 Å². The van der Waals surface area contributed by atoms with Crippen LogP contribution in [0.15, 0.2) is 17.0 Å². The van der Waals surface area contributed by atoms with Gasteiger partial charge in [0, 0.05) is 13.1 Å². The molecule has 1 fully saturated rings. The third-order valence-corrected chi connectivity index (χ3v) is 5.91. The van der Waals surface area contributed by atoms with Crippen LogP contribution >= 0.6 is 0 Å². The van der Waals surface area contributed by atoms with Gasteiger partial charge >= 0.3 is 0 Å². The molecular weight excluding hydrogens is 317 g/mol. The van der Waals surface area contributed by atoms with Gasteiger partial charge in [-0.15, -0.1) is 0 Å². The second-order valence-electron chi connectivity index (χ2n) is 5.41. The van der Waals surface area contributed by atoms with Gasteiger partial charge in [0.15, 0.2) is 17.5 Å². The third-order valence-electron chi connectivity index (χ3n) is 3.99. The van der Waals surface area contributed by atoms with Crippen molar-refractivity contribution < 1.29 is 21.6 Å². The molecule has 1 heterocycles. The highest BCUT2D eigenvalue weighted by molar-refractivity contribution is 7.89. The van der Waals surface area contributed by atoms with Gasteiger partial charge in [-0.3, -0.25) is 0 Å². The van der Waals surface area contributed by atoms with Crippen molar-refractivity contribution in [2.45, 2.75) is 24.2 Å². The van der Waals surface area contributed by atoms with Crippen molar-refractivity contribution in [1.82, 2.24) is 9.62 Å². The number of halogens is 3. The first-order valence-electron chi connectivity index (χ1n) is 7.16. The molecule has 1 saturated heterocycles. The van der Waals surface area contributed by atoms with E-state index in [1.54, 1.807) is 0 Å². The summed E-state index contributed by atoms with van der Waals surface area (Å²) in [6.07, 6.45) is 2.29. The van der Waals surface area contributed by atoms with Crippen molar-refractivity contribution in [1.29, 1.82) is 0 Å². The summed E-state index contributed by atoms with van der Waals surface area (Å²) in [5.41, 5.74) is 0. The lowest BCUT2D eigenvalue weighted by atomic mass is 9.95. The molecule has 8 heteroatoms. The first kappa shape index (κ1) is 17.2. The Morgan fingerprint density at radius 2 is 1.82 bits per heavy atom. The van der Waals surface area contributed by atoms with Crippen LogP contribution in [0.25, 0.3) is 0 Å². The van der Waals surface area contributed by atoms with Crippen LogP contribution in [0.5, 0.6) is 0 Å². The Labute approximate surface area is 128 Å². The molecule has 2 rings (SSSR count). The molecule has 1 aromatic rings.